The summed E-state index contributed by atoms with van der Waals surface area (Å²) in [5, 5.41) is 9.84. The van der Waals surface area contributed by atoms with Gasteiger partial charge < -0.3 is 24.1 Å². The molecule has 5 atom stereocenters. The van der Waals surface area contributed by atoms with Crippen LogP contribution in [-0.4, -0.2) is 43.6 Å². The third kappa shape index (κ3) is 2.52. The van der Waals surface area contributed by atoms with Gasteiger partial charge in [-0.3, -0.25) is 0 Å². The highest BCUT2D eigenvalue weighted by Gasteiger charge is 2.53. The van der Waals surface area contributed by atoms with Gasteiger partial charge in [-0.15, -0.1) is 0 Å². The SMILES string of the molecule is CO[C@H]1O[C@@H]2CO[C@@H](O)[C@H]2[C@H]1OCc1ccccc1. The maximum atomic E-state index is 9.84. The van der Waals surface area contributed by atoms with Gasteiger partial charge in [0.15, 0.2) is 12.6 Å². The predicted octanol–water partition coefficient (Wildman–Crippen LogP) is 0.908. The topological polar surface area (TPSA) is 57.2 Å². The predicted molar refractivity (Wildman–Crippen MR) is 66.1 cm³/mol. The average molecular weight is 266 g/mol. The summed E-state index contributed by atoms with van der Waals surface area (Å²) in [5.41, 5.74) is 1.08. The Labute approximate surface area is 112 Å². The van der Waals surface area contributed by atoms with E-state index in [-0.39, 0.29) is 18.1 Å². The summed E-state index contributed by atoms with van der Waals surface area (Å²) in [6.45, 7) is 0.849. The van der Waals surface area contributed by atoms with Crippen LogP contribution in [0.3, 0.4) is 0 Å². The van der Waals surface area contributed by atoms with Gasteiger partial charge in [-0.2, -0.15) is 0 Å². The minimum absolute atomic E-state index is 0.152. The van der Waals surface area contributed by atoms with E-state index in [9.17, 15) is 5.11 Å². The number of aliphatic hydroxyl groups is 1. The van der Waals surface area contributed by atoms with Crippen LogP contribution in [0.1, 0.15) is 5.56 Å². The van der Waals surface area contributed by atoms with Gasteiger partial charge in [0.1, 0.15) is 6.10 Å². The molecule has 0 bridgehead atoms. The highest BCUT2D eigenvalue weighted by Crippen LogP contribution is 2.37. The molecule has 2 fully saturated rings. The molecule has 0 radical (unpaired) electrons. The molecule has 0 saturated carbocycles. The Morgan fingerprint density at radius 3 is 2.84 bits per heavy atom. The van der Waals surface area contributed by atoms with Gasteiger partial charge in [0.2, 0.25) is 0 Å². The molecule has 2 heterocycles. The van der Waals surface area contributed by atoms with E-state index in [1.807, 2.05) is 30.3 Å². The van der Waals surface area contributed by atoms with Crippen LogP contribution >= 0.6 is 0 Å². The third-order valence-electron chi connectivity index (χ3n) is 3.66. The summed E-state index contributed by atoms with van der Waals surface area (Å²) in [7, 11) is 1.58. The van der Waals surface area contributed by atoms with Crippen molar-refractivity contribution in [2.45, 2.75) is 31.4 Å². The summed E-state index contributed by atoms with van der Waals surface area (Å²) in [6, 6.07) is 9.89. The Bertz CT molecular complexity index is 410. The molecule has 0 unspecified atom stereocenters. The molecule has 5 nitrogen and oxygen atoms in total. The van der Waals surface area contributed by atoms with Crippen LogP contribution in [0.2, 0.25) is 0 Å². The molecule has 2 aliphatic heterocycles. The van der Waals surface area contributed by atoms with E-state index in [0.717, 1.165) is 5.56 Å². The molecule has 1 aromatic carbocycles. The zero-order valence-electron chi connectivity index (χ0n) is 10.8. The molecule has 104 valence electrons. The Hall–Kier alpha value is -0.980. The molecule has 1 aromatic rings. The van der Waals surface area contributed by atoms with Crippen molar-refractivity contribution in [2.24, 2.45) is 5.92 Å². The van der Waals surface area contributed by atoms with E-state index in [4.69, 9.17) is 18.9 Å². The lowest BCUT2D eigenvalue weighted by Gasteiger charge is -2.23. The highest BCUT2D eigenvalue weighted by atomic mass is 16.7. The van der Waals surface area contributed by atoms with Crippen molar-refractivity contribution in [3.63, 3.8) is 0 Å². The second-order valence-electron chi connectivity index (χ2n) is 4.84. The van der Waals surface area contributed by atoms with Crippen LogP contribution in [0.5, 0.6) is 0 Å². The van der Waals surface area contributed by atoms with Gasteiger partial charge in [-0.1, -0.05) is 30.3 Å². The maximum absolute atomic E-state index is 9.84. The number of hydrogen-bond acceptors (Lipinski definition) is 5. The molecule has 1 N–H and O–H groups in total. The molecule has 2 aliphatic rings. The smallest absolute Gasteiger partial charge is 0.184 e. The lowest BCUT2D eigenvalue weighted by atomic mass is 10.0. The van der Waals surface area contributed by atoms with Crippen molar-refractivity contribution >= 4 is 0 Å². The molecule has 0 aliphatic carbocycles. The van der Waals surface area contributed by atoms with E-state index in [1.54, 1.807) is 7.11 Å². The number of ether oxygens (including phenoxy) is 4. The molecule has 3 rings (SSSR count). The molecule has 19 heavy (non-hydrogen) atoms. The number of hydrogen-bond donors (Lipinski definition) is 1. The minimum Gasteiger partial charge on any atom is -0.368 e. The Morgan fingerprint density at radius 1 is 1.32 bits per heavy atom. The number of aliphatic hydroxyl groups excluding tert-OH is 1. The molecule has 0 amide bonds. The second-order valence-corrected chi connectivity index (χ2v) is 4.84. The van der Waals surface area contributed by atoms with Gasteiger partial charge in [0.05, 0.1) is 25.2 Å². The third-order valence-corrected chi connectivity index (χ3v) is 3.66. The van der Waals surface area contributed by atoms with Gasteiger partial charge >= 0.3 is 0 Å². The standard InChI is InChI=1S/C14H18O5/c1-16-14-12(11-10(19-14)8-18-13(11)15)17-7-9-5-3-2-4-6-9/h2-6,10-15H,7-8H2,1H3/t10-,11-,12-,13-,14+/m1/s1. The summed E-state index contributed by atoms with van der Waals surface area (Å²) in [5.74, 6) is -0.186. The Balaban J connectivity index is 1.67. The molecule has 0 spiro atoms. The minimum atomic E-state index is -0.842. The first-order valence-corrected chi connectivity index (χ1v) is 6.43. The summed E-state index contributed by atoms with van der Waals surface area (Å²) in [4.78, 5) is 0. The van der Waals surface area contributed by atoms with E-state index in [1.165, 1.54) is 0 Å². The van der Waals surface area contributed by atoms with Crippen molar-refractivity contribution in [3.05, 3.63) is 35.9 Å². The number of fused-ring (bicyclic) bond motifs is 1. The van der Waals surface area contributed by atoms with Crippen LogP contribution in [0, 0.1) is 5.92 Å². The quantitative estimate of drug-likeness (QED) is 0.877. The fourth-order valence-corrected chi connectivity index (χ4v) is 2.68. The first-order chi connectivity index (χ1) is 9.29. The normalized spacial score (nSPS) is 37.5. The first kappa shape index (κ1) is 13.0. The Kier molecular flexibility index (Phi) is 3.81. The largest absolute Gasteiger partial charge is 0.368 e. The summed E-state index contributed by atoms with van der Waals surface area (Å²) < 4.78 is 22.0. The number of benzene rings is 1. The van der Waals surface area contributed by atoms with Gasteiger partial charge in [-0.05, 0) is 5.56 Å². The van der Waals surface area contributed by atoms with Crippen molar-refractivity contribution in [1.82, 2.24) is 0 Å². The first-order valence-electron chi connectivity index (χ1n) is 6.43. The van der Waals surface area contributed by atoms with Gasteiger partial charge in [0.25, 0.3) is 0 Å². The zero-order valence-corrected chi connectivity index (χ0v) is 10.8. The molecule has 0 aromatic heterocycles. The van der Waals surface area contributed by atoms with Crippen LogP contribution in [0.4, 0.5) is 0 Å². The van der Waals surface area contributed by atoms with E-state index in [0.29, 0.717) is 13.2 Å². The van der Waals surface area contributed by atoms with Crippen LogP contribution in [0.15, 0.2) is 30.3 Å². The average Bonchev–Trinajstić information content (AvgIpc) is 2.98. The van der Waals surface area contributed by atoms with Gasteiger partial charge in [0, 0.05) is 7.11 Å². The summed E-state index contributed by atoms with van der Waals surface area (Å²) in [6.07, 6.45) is -1.75. The molecular weight excluding hydrogens is 248 g/mol. The van der Waals surface area contributed by atoms with Crippen LogP contribution < -0.4 is 0 Å². The lowest BCUT2D eigenvalue weighted by molar-refractivity contribution is -0.192. The van der Waals surface area contributed by atoms with E-state index < -0.39 is 12.6 Å². The molecule has 2 saturated heterocycles. The zero-order chi connectivity index (χ0) is 13.2. The highest BCUT2D eigenvalue weighted by molar-refractivity contribution is 5.13. The fourth-order valence-electron chi connectivity index (χ4n) is 2.68. The van der Waals surface area contributed by atoms with Crippen LogP contribution in [-0.2, 0) is 25.6 Å². The van der Waals surface area contributed by atoms with E-state index in [2.05, 4.69) is 0 Å². The van der Waals surface area contributed by atoms with E-state index >= 15 is 0 Å². The maximum Gasteiger partial charge on any atom is 0.184 e. The van der Waals surface area contributed by atoms with Crippen molar-refractivity contribution in [3.8, 4) is 0 Å². The van der Waals surface area contributed by atoms with Crippen molar-refractivity contribution in [1.29, 1.82) is 0 Å². The van der Waals surface area contributed by atoms with Crippen molar-refractivity contribution < 1.29 is 24.1 Å². The van der Waals surface area contributed by atoms with Crippen LogP contribution in [0.25, 0.3) is 0 Å². The Morgan fingerprint density at radius 2 is 2.11 bits per heavy atom. The lowest BCUT2D eigenvalue weighted by Crippen LogP contribution is -2.36. The van der Waals surface area contributed by atoms with Gasteiger partial charge in [-0.25, -0.2) is 0 Å². The second kappa shape index (κ2) is 5.56. The number of methoxy groups -OCH3 is 1. The fraction of sp³-hybridized carbons (Fsp3) is 0.571. The monoisotopic (exact) mass is 266 g/mol. The van der Waals surface area contributed by atoms with Crippen molar-refractivity contribution in [2.75, 3.05) is 13.7 Å². The molecular formula is C14H18O5. The number of rotatable bonds is 4. The molecule has 5 heteroatoms. The summed E-state index contributed by atoms with van der Waals surface area (Å²) >= 11 is 0.